The fourth-order valence-electron chi connectivity index (χ4n) is 3.21. The van der Waals surface area contributed by atoms with E-state index in [1.807, 2.05) is 25.7 Å². The molecule has 1 saturated heterocycles. The first-order valence-electron chi connectivity index (χ1n) is 7.12. The van der Waals surface area contributed by atoms with Crippen LogP contribution in [0, 0.1) is 0 Å². The van der Waals surface area contributed by atoms with Gasteiger partial charge >= 0.3 is 6.09 Å². The number of aliphatic hydroxyl groups excluding tert-OH is 1. The van der Waals surface area contributed by atoms with E-state index < -0.39 is 5.60 Å². The Hall–Kier alpha value is -1.07. The van der Waals surface area contributed by atoms with Crippen molar-refractivity contribution in [2.24, 2.45) is 0 Å². The molecule has 0 saturated carbocycles. The van der Waals surface area contributed by atoms with Crippen LogP contribution in [0.2, 0.25) is 0 Å². The van der Waals surface area contributed by atoms with Crippen LogP contribution in [-0.4, -0.2) is 27.7 Å². The molecule has 0 radical (unpaired) electrons. The van der Waals surface area contributed by atoms with Crippen molar-refractivity contribution < 1.29 is 14.6 Å². The van der Waals surface area contributed by atoms with Crippen LogP contribution in [0.1, 0.15) is 55.0 Å². The number of fused-ring (bicyclic) bond motifs is 4. The number of hydrogen-bond donors (Lipinski definition) is 1. The normalized spacial score (nSPS) is 24.7. The third-order valence-electron chi connectivity index (χ3n) is 3.94. The highest BCUT2D eigenvalue weighted by atomic mass is 32.1. The quantitative estimate of drug-likeness (QED) is 0.865. The van der Waals surface area contributed by atoms with Crippen molar-refractivity contribution in [2.75, 3.05) is 0 Å². The lowest BCUT2D eigenvalue weighted by molar-refractivity contribution is 0.0127. The molecule has 3 heterocycles. The predicted octanol–water partition coefficient (Wildman–Crippen LogP) is 3.24. The van der Waals surface area contributed by atoms with E-state index in [4.69, 9.17) is 4.74 Å². The maximum absolute atomic E-state index is 12.4. The molecule has 1 aromatic rings. The number of thiophene rings is 1. The molecule has 20 heavy (non-hydrogen) atoms. The molecule has 3 rings (SSSR count). The SMILES string of the molecule is CC(C)(C)OC(=O)N1[C@@H]2CC[C@H]1c1cc(CO)sc1C2. The average molecular weight is 295 g/mol. The molecular weight excluding hydrogens is 274 g/mol. The molecule has 1 amide bonds. The van der Waals surface area contributed by atoms with E-state index in [9.17, 15) is 9.90 Å². The minimum atomic E-state index is -0.457. The molecule has 5 heteroatoms. The van der Waals surface area contributed by atoms with Gasteiger partial charge in [0.25, 0.3) is 0 Å². The van der Waals surface area contributed by atoms with Crippen molar-refractivity contribution in [3.05, 3.63) is 21.4 Å². The van der Waals surface area contributed by atoms with Crippen molar-refractivity contribution in [1.82, 2.24) is 4.90 Å². The zero-order valence-corrected chi connectivity index (χ0v) is 13.0. The van der Waals surface area contributed by atoms with Gasteiger partial charge in [-0.25, -0.2) is 4.79 Å². The molecule has 1 aromatic heterocycles. The zero-order valence-electron chi connectivity index (χ0n) is 12.2. The minimum absolute atomic E-state index is 0.0848. The summed E-state index contributed by atoms with van der Waals surface area (Å²) in [5.74, 6) is 0. The topological polar surface area (TPSA) is 49.8 Å². The van der Waals surface area contributed by atoms with Crippen molar-refractivity contribution in [1.29, 1.82) is 0 Å². The number of carbonyl (C=O) groups is 1. The van der Waals surface area contributed by atoms with Crippen LogP contribution in [0.25, 0.3) is 0 Å². The van der Waals surface area contributed by atoms with Crippen molar-refractivity contribution in [2.45, 2.75) is 64.3 Å². The highest BCUT2D eigenvalue weighted by Crippen LogP contribution is 2.47. The number of rotatable bonds is 1. The molecule has 0 spiro atoms. The molecule has 0 aliphatic carbocycles. The van der Waals surface area contributed by atoms with Gasteiger partial charge in [-0.05, 0) is 45.2 Å². The second kappa shape index (κ2) is 4.74. The Balaban J connectivity index is 1.87. The number of hydrogen-bond acceptors (Lipinski definition) is 4. The molecule has 2 aliphatic heterocycles. The summed E-state index contributed by atoms with van der Waals surface area (Å²) in [6.07, 6.45) is 2.74. The third-order valence-corrected chi connectivity index (χ3v) is 5.09. The van der Waals surface area contributed by atoms with Crippen LogP contribution in [0.4, 0.5) is 4.79 Å². The monoisotopic (exact) mass is 295 g/mol. The van der Waals surface area contributed by atoms with Gasteiger partial charge in [0.1, 0.15) is 5.60 Å². The van der Waals surface area contributed by atoms with Gasteiger partial charge in [-0.3, -0.25) is 4.90 Å². The van der Waals surface area contributed by atoms with Gasteiger partial charge in [0.15, 0.2) is 0 Å². The number of amides is 1. The van der Waals surface area contributed by atoms with Gasteiger partial charge in [0.05, 0.1) is 12.6 Å². The first kappa shape index (κ1) is 13.9. The smallest absolute Gasteiger partial charge is 0.411 e. The first-order chi connectivity index (χ1) is 9.39. The second-order valence-electron chi connectivity index (χ2n) is 6.59. The molecule has 110 valence electrons. The van der Waals surface area contributed by atoms with E-state index in [0.717, 1.165) is 24.1 Å². The number of carbonyl (C=O) groups excluding carboxylic acids is 1. The van der Waals surface area contributed by atoms with Crippen LogP contribution in [-0.2, 0) is 17.8 Å². The lowest BCUT2D eigenvalue weighted by Crippen LogP contribution is -2.44. The van der Waals surface area contributed by atoms with Crippen LogP contribution in [0.15, 0.2) is 6.07 Å². The molecule has 1 N–H and O–H groups in total. The lowest BCUT2D eigenvalue weighted by atomic mass is 10.0. The Morgan fingerprint density at radius 2 is 2.25 bits per heavy atom. The van der Waals surface area contributed by atoms with Crippen LogP contribution in [0.5, 0.6) is 0 Å². The van der Waals surface area contributed by atoms with Gasteiger partial charge in [0, 0.05) is 22.2 Å². The standard InChI is InChI=1S/C15H21NO3S/c1-15(2,3)19-14(18)16-9-4-5-12(16)11-7-10(8-17)20-13(11)6-9/h7,9,12,17H,4-6,8H2,1-3H3/t9-,12+/m1/s1. The molecule has 2 bridgehead atoms. The summed E-state index contributed by atoms with van der Waals surface area (Å²) in [7, 11) is 0. The summed E-state index contributed by atoms with van der Waals surface area (Å²) in [5, 5.41) is 9.29. The summed E-state index contributed by atoms with van der Waals surface area (Å²) in [6.45, 7) is 5.78. The van der Waals surface area contributed by atoms with Crippen LogP contribution < -0.4 is 0 Å². The van der Waals surface area contributed by atoms with Gasteiger partial charge in [-0.2, -0.15) is 0 Å². The third kappa shape index (κ3) is 2.33. The Kier molecular flexibility index (Phi) is 3.29. The highest BCUT2D eigenvalue weighted by molar-refractivity contribution is 7.12. The predicted molar refractivity (Wildman–Crippen MR) is 77.8 cm³/mol. The van der Waals surface area contributed by atoms with Gasteiger partial charge < -0.3 is 9.84 Å². The highest BCUT2D eigenvalue weighted by Gasteiger charge is 2.45. The molecule has 2 atom stereocenters. The van der Waals surface area contributed by atoms with E-state index in [1.54, 1.807) is 11.3 Å². The van der Waals surface area contributed by atoms with E-state index in [0.29, 0.717) is 0 Å². The maximum Gasteiger partial charge on any atom is 0.411 e. The number of ether oxygens (including phenoxy) is 1. The Morgan fingerprint density at radius 1 is 1.50 bits per heavy atom. The van der Waals surface area contributed by atoms with Gasteiger partial charge in [-0.15, -0.1) is 11.3 Å². The fraction of sp³-hybridized carbons (Fsp3) is 0.667. The summed E-state index contributed by atoms with van der Waals surface area (Å²) in [6, 6.07) is 2.45. The summed E-state index contributed by atoms with van der Waals surface area (Å²) >= 11 is 1.68. The largest absolute Gasteiger partial charge is 0.444 e. The summed E-state index contributed by atoms with van der Waals surface area (Å²) in [4.78, 5) is 16.7. The average Bonchev–Trinajstić information content (AvgIpc) is 2.89. The summed E-state index contributed by atoms with van der Waals surface area (Å²) in [5.41, 5.74) is 0.764. The number of aliphatic hydroxyl groups is 1. The van der Waals surface area contributed by atoms with E-state index in [2.05, 4.69) is 6.07 Å². The van der Waals surface area contributed by atoms with Crippen molar-refractivity contribution >= 4 is 17.4 Å². The minimum Gasteiger partial charge on any atom is -0.444 e. The zero-order chi connectivity index (χ0) is 14.5. The van der Waals surface area contributed by atoms with Crippen LogP contribution >= 0.6 is 11.3 Å². The molecule has 0 aromatic carbocycles. The molecule has 0 unspecified atom stereocenters. The van der Waals surface area contributed by atoms with Gasteiger partial charge in [-0.1, -0.05) is 0 Å². The van der Waals surface area contributed by atoms with Crippen molar-refractivity contribution in [3.8, 4) is 0 Å². The lowest BCUT2D eigenvalue weighted by Gasteiger charge is -2.36. The molecule has 1 fully saturated rings. The fourth-order valence-corrected chi connectivity index (χ4v) is 4.37. The van der Waals surface area contributed by atoms with E-state index in [1.165, 1.54) is 10.4 Å². The first-order valence-corrected chi connectivity index (χ1v) is 7.94. The number of nitrogens with zero attached hydrogens (tertiary/aromatic N) is 1. The second-order valence-corrected chi connectivity index (χ2v) is 7.81. The molecule has 4 nitrogen and oxygen atoms in total. The van der Waals surface area contributed by atoms with Gasteiger partial charge in [0.2, 0.25) is 0 Å². The molecule has 2 aliphatic rings. The maximum atomic E-state index is 12.4. The Bertz CT molecular complexity index is 532. The van der Waals surface area contributed by atoms with Crippen molar-refractivity contribution in [3.63, 3.8) is 0 Å². The molecular formula is C15H21NO3S. The van der Waals surface area contributed by atoms with E-state index >= 15 is 0 Å². The summed E-state index contributed by atoms with van der Waals surface area (Å²) < 4.78 is 5.55. The van der Waals surface area contributed by atoms with Crippen LogP contribution in [0.3, 0.4) is 0 Å². The Morgan fingerprint density at radius 3 is 2.90 bits per heavy atom. The Labute approximate surface area is 123 Å². The van der Waals surface area contributed by atoms with E-state index in [-0.39, 0.29) is 24.8 Å².